The largest absolute Gasteiger partial charge is 0.457 e. The lowest BCUT2D eigenvalue weighted by Gasteiger charge is -2.35. The van der Waals surface area contributed by atoms with Crippen LogP contribution in [0.4, 0.5) is 0 Å². The number of hydrogen-bond donors (Lipinski definition) is 0. The summed E-state index contributed by atoms with van der Waals surface area (Å²) in [5.41, 5.74) is 2.86. The van der Waals surface area contributed by atoms with E-state index < -0.39 is 0 Å². The van der Waals surface area contributed by atoms with Gasteiger partial charge in [0.25, 0.3) is 0 Å². The lowest BCUT2D eigenvalue weighted by Crippen LogP contribution is -2.41. The first-order valence-corrected chi connectivity index (χ1v) is 11.3. The van der Waals surface area contributed by atoms with Gasteiger partial charge in [0.15, 0.2) is 0 Å². The number of thiophene rings is 1. The molecular weight excluding hydrogens is 362 g/mol. The maximum Gasteiger partial charge on any atom is 0.130 e. The van der Waals surface area contributed by atoms with Crippen molar-refractivity contribution in [2.75, 3.05) is 13.1 Å². The minimum atomic E-state index is 0.638. The molecule has 0 radical (unpaired) electrons. The Kier molecular flexibility index (Phi) is 6.45. The van der Waals surface area contributed by atoms with E-state index in [2.05, 4.69) is 47.5 Å². The van der Waals surface area contributed by atoms with Crippen molar-refractivity contribution in [3.8, 4) is 11.5 Å². The van der Waals surface area contributed by atoms with Crippen LogP contribution in [0.15, 0.2) is 66.0 Å². The van der Waals surface area contributed by atoms with Gasteiger partial charge >= 0.3 is 0 Å². The van der Waals surface area contributed by atoms with Gasteiger partial charge in [-0.15, -0.1) is 11.3 Å². The van der Waals surface area contributed by atoms with Gasteiger partial charge in [-0.05, 0) is 79.4 Å². The lowest BCUT2D eigenvalue weighted by atomic mass is 9.86. The van der Waals surface area contributed by atoms with Crippen LogP contribution < -0.4 is 4.74 Å². The van der Waals surface area contributed by atoms with E-state index in [0.29, 0.717) is 6.04 Å². The number of para-hydroxylation sites is 1. The van der Waals surface area contributed by atoms with Crippen LogP contribution in [0.3, 0.4) is 0 Å². The van der Waals surface area contributed by atoms with Gasteiger partial charge in [0.05, 0.1) is 0 Å². The van der Waals surface area contributed by atoms with Crippen LogP contribution in [0.2, 0.25) is 0 Å². The average molecular weight is 392 g/mol. The highest BCUT2D eigenvalue weighted by Crippen LogP contribution is 2.34. The Bertz CT molecular complexity index is 860. The number of rotatable bonds is 8. The summed E-state index contributed by atoms with van der Waals surface area (Å²) >= 11 is 1.88. The zero-order valence-corrected chi connectivity index (χ0v) is 17.5. The second-order valence-electron chi connectivity index (χ2n) is 7.57. The van der Waals surface area contributed by atoms with Crippen molar-refractivity contribution in [2.45, 2.75) is 45.1 Å². The molecule has 3 aromatic rings. The molecule has 0 amide bonds. The molecular formula is C25H29NOS. The summed E-state index contributed by atoms with van der Waals surface area (Å²) in [5, 5.41) is 2.19. The maximum absolute atomic E-state index is 6.20. The molecule has 2 nitrogen and oxygen atoms in total. The predicted octanol–water partition coefficient (Wildman–Crippen LogP) is 6.35. The van der Waals surface area contributed by atoms with Crippen LogP contribution in [-0.2, 0) is 19.3 Å². The molecule has 1 aliphatic carbocycles. The summed E-state index contributed by atoms with van der Waals surface area (Å²) in [4.78, 5) is 4.21. The summed E-state index contributed by atoms with van der Waals surface area (Å²) in [5.74, 6) is 1.95. The van der Waals surface area contributed by atoms with Crippen molar-refractivity contribution in [2.24, 2.45) is 0 Å². The Labute approximate surface area is 172 Å². The lowest BCUT2D eigenvalue weighted by molar-refractivity contribution is 0.181. The molecule has 0 saturated carbocycles. The average Bonchev–Trinajstić information content (AvgIpc) is 3.25. The molecule has 3 heteroatoms. The molecule has 0 N–H and O–H groups in total. The Hall–Kier alpha value is -2.10. The number of nitrogens with zero attached hydrogens (tertiary/aromatic N) is 1. The van der Waals surface area contributed by atoms with Crippen LogP contribution in [0.1, 0.15) is 35.8 Å². The van der Waals surface area contributed by atoms with E-state index in [1.807, 2.05) is 41.7 Å². The third-order valence-electron chi connectivity index (χ3n) is 5.64. The van der Waals surface area contributed by atoms with Crippen molar-refractivity contribution in [3.63, 3.8) is 0 Å². The summed E-state index contributed by atoms with van der Waals surface area (Å²) in [7, 11) is 0. The second kappa shape index (κ2) is 9.40. The van der Waals surface area contributed by atoms with Gasteiger partial charge in [-0.3, -0.25) is 4.90 Å². The minimum Gasteiger partial charge on any atom is -0.457 e. The molecule has 0 saturated heterocycles. The van der Waals surface area contributed by atoms with Gasteiger partial charge in [0.1, 0.15) is 11.5 Å². The fourth-order valence-electron chi connectivity index (χ4n) is 4.25. The van der Waals surface area contributed by atoms with Crippen LogP contribution in [0, 0.1) is 0 Å². The monoisotopic (exact) mass is 391 g/mol. The number of ether oxygens (including phenoxy) is 1. The van der Waals surface area contributed by atoms with Crippen LogP contribution >= 0.6 is 11.3 Å². The Morgan fingerprint density at radius 2 is 1.89 bits per heavy atom. The Balaban J connectivity index is 1.46. The fourth-order valence-corrected chi connectivity index (χ4v) is 4.95. The smallest absolute Gasteiger partial charge is 0.130 e. The maximum atomic E-state index is 6.20. The SMILES string of the molecule is CCCN(CCc1cccs1)C1CCc2c(cccc2Oc2ccccc2)C1. The molecule has 1 atom stereocenters. The third kappa shape index (κ3) is 4.65. The number of hydrogen-bond acceptors (Lipinski definition) is 3. The normalized spacial score (nSPS) is 16.1. The highest BCUT2D eigenvalue weighted by molar-refractivity contribution is 7.09. The molecule has 0 aliphatic heterocycles. The van der Waals surface area contributed by atoms with Gasteiger partial charge in [0, 0.05) is 17.5 Å². The molecule has 1 unspecified atom stereocenters. The third-order valence-corrected chi connectivity index (χ3v) is 6.57. The van der Waals surface area contributed by atoms with Gasteiger partial charge in [0.2, 0.25) is 0 Å². The second-order valence-corrected chi connectivity index (χ2v) is 8.60. The van der Waals surface area contributed by atoms with Crippen molar-refractivity contribution in [1.82, 2.24) is 4.90 Å². The van der Waals surface area contributed by atoms with Gasteiger partial charge in [-0.25, -0.2) is 0 Å². The van der Waals surface area contributed by atoms with Gasteiger partial charge in [-0.2, -0.15) is 0 Å². The van der Waals surface area contributed by atoms with Gasteiger partial charge in [-0.1, -0.05) is 43.3 Å². The topological polar surface area (TPSA) is 12.5 Å². The van der Waals surface area contributed by atoms with Crippen LogP contribution in [0.5, 0.6) is 11.5 Å². The zero-order chi connectivity index (χ0) is 19.2. The molecule has 1 aliphatic rings. The highest BCUT2D eigenvalue weighted by atomic mass is 32.1. The molecule has 0 bridgehead atoms. The van der Waals surface area contributed by atoms with E-state index in [0.717, 1.165) is 37.3 Å². The first kappa shape index (κ1) is 19.2. The molecule has 28 heavy (non-hydrogen) atoms. The first-order valence-electron chi connectivity index (χ1n) is 10.4. The summed E-state index contributed by atoms with van der Waals surface area (Å²) in [6.45, 7) is 4.64. The van der Waals surface area contributed by atoms with Gasteiger partial charge < -0.3 is 4.74 Å². The molecule has 146 valence electrons. The summed E-state index contributed by atoms with van der Waals surface area (Å²) < 4.78 is 6.20. The fraction of sp³-hybridized carbons (Fsp3) is 0.360. The molecule has 4 rings (SSSR count). The quantitative estimate of drug-likeness (QED) is 0.443. The first-order chi connectivity index (χ1) is 13.8. The summed E-state index contributed by atoms with van der Waals surface area (Å²) in [6.07, 6.45) is 5.82. The Morgan fingerprint density at radius 3 is 2.68 bits per heavy atom. The molecule has 0 spiro atoms. The Morgan fingerprint density at radius 1 is 1.00 bits per heavy atom. The summed E-state index contributed by atoms with van der Waals surface area (Å²) in [6, 6.07) is 21.7. The van der Waals surface area contributed by atoms with Crippen molar-refractivity contribution in [1.29, 1.82) is 0 Å². The van der Waals surface area contributed by atoms with E-state index in [-0.39, 0.29) is 0 Å². The van der Waals surface area contributed by atoms with Crippen LogP contribution in [-0.4, -0.2) is 24.0 Å². The van der Waals surface area contributed by atoms with Crippen molar-refractivity contribution in [3.05, 3.63) is 82.0 Å². The zero-order valence-electron chi connectivity index (χ0n) is 16.6. The van der Waals surface area contributed by atoms with E-state index in [1.54, 1.807) is 0 Å². The molecule has 1 aromatic heterocycles. The molecule has 1 heterocycles. The molecule has 0 fully saturated rings. The van der Waals surface area contributed by atoms with Crippen molar-refractivity contribution >= 4 is 11.3 Å². The standard InChI is InChI=1S/C25H29NOS/c1-2-16-26(17-15-23-11-7-18-28-23)21-13-14-24-20(19-21)8-6-12-25(24)27-22-9-4-3-5-10-22/h3-12,18,21H,2,13-17,19H2,1H3. The number of benzene rings is 2. The predicted molar refractivity (Wildman–Crippen MR) is 119 cm³/mol. The number of fused-ring (bicyclic) bond motifs is 1. The van der Waals surface area contributed by atoms with Crippen molar-refractivity contribution < 1.29 is 4.74 Å². The minimum absolute atomic E-state index is 0.638. The van der Waals surface area contributed by atoms with Crippen LogP contribution in [0.25, 0.3) is 0 Å². The van der Waals surface area contributed by atoms with E-state index in [9.17, 15) is 0 Å². The van der Waals surface area contributed by atoms with E-state index in [1.165, 1.54) is 35.4 Å². The van der Waals surface area contributed by atoms with E-state index in [4.69, 9.17) is 4.74 Å². The highest BCUT2D eigenvalue weighted by Gasteiger charge is 2.25. The van der Waals surface area contributed by atoms with E-state index >= 15 is 0 Å². The molecule has 2 aromatic carbocycles.